The van der Waals surface area contributed by atoms with E-state index in [9.17, 15) is 4.79 Å². The van der Waals surface area contributed by atoms with Crippen molar-refractivity contribution in [1.29, 1.82) is 0 Å². The van der Waals surface area contributed by atoms with Crippen LogP contribution in [0.25, 0.3) is 5.95 Å². The van der Waals surface area contributed by atoms with Crippen molar-refractivity contribution in [2.75, 3.05) is 18.4 Å². The van der Waals surface area contributed by atoms with Crippen LogP contribution >= 0.6 is 0 Å². The highest BCUT2D eigenvalue weighted by atomic mass is 16.1. The van der Waals surface area contributed by atoms with Crippen molar-refractivity contribution in [3.05, 3.63) is 30.9 Å². The molecule has 0 spiro atoms. The van der Waals surface area contributed by atoms with Crippen molar-refractivity contribution < 1.29 is 4.79 Å². The Morgan fingerprint density at radius 3 is 3.05 bits per heavy atom. The average Bonchev–Trinajstić information content (AvgIpc) is 3.17. The Morgan fingerprint density at radius 2 is 2.29 bits per heavy atom. The summed E-state index contributed by atoms with van der Waals surface area (Å²) >= 11 is 0. The molecular weight excluding hydrogens is 268 g/mol. The minimum atomic E-state index is 0.0235. The molecule has 0 aromatic carbocycles. The molecule has 1 aliphatic rings. The minimum absolute atomic E-state index is 0.0235. The zero-order valence-electron chi connectivity index (χ0n) is 11.7. The topological polar surface area (TPSA) is 84.7 Å². The molecule has 0 bridgehead atoms. The van der Waals surface area contributed by atoms with Crippen molar-refractivity contribution in [3.8, 4) is 5.95 Å². The summed E-state index contributed by atoms with van der Waals surface area (Å²) < 4.78 is 1.54. The van der Waals surface area contributed by atoms with E-state index in [1.807, 2.05) is 0 Å². The summed E-state index contributed by atoms with van der Waals surface area (Å²) in [4.78, 5) is 20.1. The fourth-order valence-electron chi connectivity index (χ4n) is 2.43. The summed E-state index contributed by atoms with van der Waals surface area (Å²) in [6, 6.07) is 1.74. The number of carbonyl (C=O) groups excluding carboxylic acids is 1. The third-order valence-electron chi connectivity index (χ3n) is 3.57. The zero-order valence-corrected chi connectivity index (χ0v) is 11.7. The number of carbonyl (C=O) groups is 1. The Labute approximate surface area is 122 Å². The maximum Gasteiger partial charge on any atom is 0.250 e. The second-order valence-corrected chi connectivity index (χ2v) is 5.17. The number of hydrogen-bond acceptors (Lipinski definition) is 5. The van der Waals surface area contributed by atoms with Gasteiger partial charge in [-0.2, -0.15) is 5.10 Å². The third kappa shape index (κ3) is 3.63. The zero-order chi connectivity index (χ0) is 14.5. The number of rotatable bonds is 5. The van der Waals surface area contributed by atoms with E-state index in [0.29, 0.717) is 24.0 Å². The quantitative estimate of drug-likeness (QED) is 0.856. The van der Waals surface area contributed by atoms with Crippen LogP contribution in [0.15, 0.2) is 30.9 Å². The van der Waals surface area contributed by atoms with E-state index in [4.69, 9.17) is 0 Å². The first-order valence-electron chi connectivity index (χ1n) is 7.14. The molecule has 1 fully saturated rings. The molecule has 3 heterocycles. The summed E-state index contributed by atoms with van der Waals surface area (Å²) in [5.41, 5.74) is 0.664. The van der Waals surface area contributed by atoms with Gasteiger partial charge in [-0.15, -0.1) is 0 Å². The molecule has 3 rings (SSSR count). The second kappa shape index (κ2) is 6.45. The van der Waals surface area contributed by atoms with Gasteiger partial charge in [-0.05, 0) is 37.9 Å². The molecule has 1 aliphatic heterocycles. The predicted octanol–water partition coefficient (Wildman–Crippen LogP) is 0.990. The van der Waals surface area contributed by atoms with Gasteiger partial charge < -0.3 is 10.6 Å². The van der Waals surface area contributed by atoms with Crippen molar-refractivity contribution in [2.24, 2.45) is 5.92 Å². The predicted molar refractivity (Wildman–Crippen MR) is 78.0 cm³/mol. The largest absolute Gasteiger partial charge is 0.323 e. The number of hydrogen-bond donors (Lipinski definition) is 2. The molecule has 7 heteroatoms. The van der Waals surface area contributed by atoms with Gasteiger partial charge in [-0.3, -0.25) is 4.79 Å². The lowest BCUT2D eigenvalue weighted by Crippen LogP contribution is -2.14. The number of anilines is 1. The Bertz CT molecular complexity index is 591. The van der Waals surface area contributed by atoms with Crippen LogP contribution in [0.5, 0.6) is 0 Å². The van der Waals surface area contributed by atoms with Crippen molar-refractivity contribution >= 4 is 11.6 Å². The number of aromatic nitrogens is 4. The fourth-order valence-corrected chi connectivity index (χ4v) is 2.43. The standard InChI is InChI=1S/C14H18N6O/c21-13(3-2-11-4-7-15-8-11)19-12-9-18-20(10-12)14-16-5-1-6-17-14/h1,5-6,9-11,15H,2-4,7-8H2,(H,19,21). The van der Waals surface area contributed by atoms with E-state index >= 15 is 0 Å². The molecule has 2 aromatic rings. The van der Waals surface area contributed by atoms with Gasteiger partial charge in [-0.1, -0.05) is 0 Å². The van der Waals surface area contributed by atoms with Gasteiger partial charge in [-0.25, -0.2) is 14.6 Å². The first-order chi connectivity index (χ1) is 10.3. The van der Waals surface area contributed by atoms with Crippen LogP contribution in [0.4, 0.5) is 5.69 Å². The molecule has 2 aromatic heterocycles. The van der Waals surface area contributed by atoms with Crippen LogP contribution in [-0.4, -0.2) is 38.7 Å². The van der Waals surface area contributed by atoms with Crippen molar-refractivity contribution in [2.45, 2.75) is 19.3 Å². The molecule has 1 saturated heterocycles. The van der Waals surface area contributed by atoms with Gasteiger partial charge in [0, 0.05) is 18.8 Å². The monoisotopic (exact) mass is 286 g/mol. The third-order valence-corrected chi connectivity index (χ3v) is 3.57. The maximum atomic E-state index is 11.9. The second-order valence-electron chi connectivity index (χ2n) is 5.17. The lowest BCUT2D eigenvalue weighted by molar-refractivity contribution is -0.116. The fraction of sp³-hybridized carbons (Fsp3) is 0.429. The van der Waals surface area contributed by atoms with Crippen LogP contribution in [0.3, 0.4) is 0 Å². The molecule has 0 radical (unpaired) electrons. The molecule has 7 nitrogen and oxygen atoms in total. The molecule has 2 N–H and O–H groups in total. The van der Waals surface area contributed by atoms with E-state index in [0.717, 1.165) is 25.9 Å². The lowest BCUT2D eigenvalue weighted by atomic mass is 10.0. The van der Waals surface area contributed by atoms with Crippen molar-refractivity contribution in [3.63, 3.8) is 0 Å². The molecular formula is C14H18N6O. The SMILES string of the molecule is O=C(CCC1CCNC1)Nc1cnn(-c2ncccn2)c1. The van der Waals surface area contributed by atoms with Gasteiger partial charge in [0.2, 0.25) is 11.9 Å². The minimum Gasteiger partial charge on any atom is -0.323 e. The highest BCUT2D eigenvalue weighted by Crippen LogP contribution is 2.15. The molecule has 1 unspecified atom stereocenters. The normalized spacial score (nSPS) is 17.8. The van der Waals surface area contributed by atoms with Gasteiger partial charge in [0.1, 0.15) is 0 Å². The van der Waals surface area contributed by atoms with E-state index in [2.05, 4.69) is 25.7 Å². The van der Waals surface area contributed by atoms with Crippen LogP contribution in [0, 0.1) is 5.92 Å². The Morgan fingerprint density at radius 1 is 1.43 bits per heavy atom. The number of amides is 1. The highest BCUT2D eigenvalue weighted by Gasteiger charge is 2.16. The molecule has 1 atom stereocenters. The van der Waals surface area contributed by atoms with Gasteiger partial charge in [0.15, 0.2) is 0 Å². The van der Waals surface area contributed by atoms with E-state index in [1.165, 1.54) is 4.68 Å². The van der Waals surface area contributed by atoms with Crippen LogP contribution in [-0.2, 0) is 4.79 Å². The van der Waals surface area contributed by atoms with Crippen LogP contribution in [0.2, 0.25) is 0 Å². The van der Waals surface area contributed by atoms with Crippen LogP contribution < -0.4 is 10.6 Å². The Kier molecular flexibility index (Phi) is 4.20. The van der Waals surface area contributed by atoms with E-state index < -0.39 is 0 Å². The molecule has 0 saturated carbocycles. The van der Waals surface area contributed by atoms with Crippen molar-refractivity contribution in [1.82, 2.24) is 25.1 Å². The van der Waals surface area contributed by atoms with E-state index in [1.54, 1.807) is 30.9 Å². The average molecular weight is 286 g/mol. The lowest BCUT2D eigenvalue weighted by Gasteiger charge is -2.07. The Balaban J connectivity index is 1.53. The number of nitrogens with zero attached hydrogens (tertiary/aromatic N) is 4. The summed E-state index contributed by atoms with van der Waals surface area (Å²) in [6.45, 7) is 2.09. The van der Waals surface area contributed by atoms with Crippen LogP contribution in [0.1, 0.15) is 19.3 Å². The van der Waals surface area contributed by atoms with Gasteiger partial charge in [0.05, 0.1) is 18.1 Å². The Hall–Kier alpha value is -2.28. The number of nitrogens with one attached hydrogen (secondary N) is 2. The first kappa shape index (κ1) is 13.7. The van der Waals surface area contributed by atoms with E-state index in [-0.39, 0.29) is 5.91 Å². The smallest absolute Gasteiger partial charge is 0.250 e. The van der Waals surface area contributed by atoms with Gasteiger partial charge in [0.25, 0.3) is 0 Å². The molecule has 0 aliphatic carbocycles. The summed E-state index contributed by atoms with van der Waals surface area (Å²) in [5.74, 6) is 1.13. The molecule has 21 heavy (non-hydrogen) atoms. The molecule has 1 amide bonds. The van der Waals surface area contributed by atoms with Gasteiger partial charge >= 0.3 is 0 Å². The maximum absolute atomic E-state index is 11.9. The first-order valence-corrected chi connectivity index (χ1v) is 7.14. The molecule has 110 valence electrons. The highest BCUT2D eigenvalue weighted by molar-refractivity contribution is 5.90. The summed E-state index contributed by atoms with van der Waals surface area (Å²) in [7, 11) is 0. The summed E-state index contributed by atoms with van der Waals surface area (Å²) in [6.07, 6.45) is 9.25. The summed E-state index contributed by atoms with van der Waals surface area (Å²) in [5, 5.41) is 10.3.